The van der Waals surface area contributed by atoms with E-state index in [0.717, 1.165) is 26.1 Å². The smallest absolute Gasteiger partial charge is 0.357 e. The van der Waals surface area contributed by atoms with Crippen LogP contribution in [-0.2, 0) is 0 Å². The number of likely N-dealkylation sites (N-methyl/N-ethyl adjacent to an activating group) is 1. The first-order valence-corrected chi connectivity index (χ1v) is 5.11. The van der Waals surface area contributed by atoms with E-state index in [-0.39, 0.29) is 11.6 Å². The molecule has 1 atom stereocenters. The zero-order chi connectivity index (χ0) is 10.8. The summed E-state index contributed by atoms with van der Waals surface area (Å²) >= 11 is 0. The van der Waals surface area contributed by atoms with Gasteiger partial charge in [-0.25, -0.2) is 9.78 Å². The number of carboxylic acids is 1. The number of carbonyl (C=O) groups is 1. The van der Waals surface area contributed by atoms with Crippen LogP contribution >= 0.6 is 0 Å². The molecule has 0 aliphatic carbocycles. The van der Waals surface area contributed by atoms with Crippen LogP contribution < -0.4 is 0 Å². The van der Waals surface area contributed by atoms with E-state index in [4.69, 9.17) is 9.52 Å². The molecule has 1 aliphatic heterocycles. The van der Waals surface area contributed by atoms with Gasteiger partial charge in [-0.15, -0.1) is 0 Å². The second kappa shape index (κ2) is 4.02. The van der Waals surface area contributed by atoms with Gasteiger partial charge in [-0.1, -0.05) is 6.92 Å². The Bertz CT molecular complexity index is 361. The summed E-state index contributed by atoms with van der Waals surface area (Å²) in [6, 6.07) is 0. The lowest BCUT2D eigenvalue weighted by Gasteiger charge is -2.10. The maximum absolute atomic E-state index is 10.6. The molecule has 1 aliphatic rings. The van der Waals surface area contributed by atoms with Gasteiger partial charge in [0.1, 0.15) is 6.26 Å². The van der Waals surface area contributed by atoms with Gasteiger partial charge >= 0.3 is 5.97 Å². The van der Waals surface area contributed by atoms with Crippen LogP contribution in [0.4, 0.5) is 0 Å². The topological polar surface area (TPSA) is 66.6 Å². The molecule has 5 nitrogen and oxygen atoms in total. The Labute approximate surface area is 87.7 Å². The molecule has 5 heteroatoms. The monoisotopic (exact) mass is 210 g/mol. The van der Waals surface area contributed by atoms with Crippen molar-refractivity contribution in [2.75, 3.05) is 19.6 Å². The van der Waals surface area contributed by atoms with Crippen LogP contribution in [0, 0.1) is 0 Å². The van der Waals surface area contributed by atoms with Gasteiger partial charge < -0.3 is 14.4 Å². The highest BCUT2D eigenvalue weighted by molar-refractivity contribution is 5.84. The van der Waals surface area contributed by atoms with E-state index in [0.29, 0.717) is 5.89 Å². The summed E-state index contributed by atoms with van der Waals surface area (Å²) in [5, 5.41) is 8.71. The average Bonchev–Trinajstić information content (AvgIpc) is 2.86. The molecule has 1 N–H and O–H groups in total. The fourth-order valence-corrected chi connectivity index (χ4v) is 1.89. The van der Waals surface area contributed by atoms with Gasteiger partial charge in [0.05, 0.1) is 0 Å². The highest BCUT2D eigenvalue weighted by atomic mass is 16.4. The van der Waals surface area contributed by atoms with E-state index >= 15 is 0 Å². The fraction of sp³-hybridized carbons (Fsp3) is 0.600. The van der Waals surface area contributed by atoms with E-state index in [2.05, 4.69) is 16.8 Å². The molecule has 2 rings (SSSR count). The van der Waals surface area contributed by atoms with E-state index in [1.807, 2.05) is 0 Å². The summed E-state index contributed by atoms with van der Waals surface area (Å²) in [5.41, 5.74) is -0.0000477. The van der Waals surface area contributed by atoms with Crippen molar-refractivity contribution in [2.24, 2.45) is 0 Å². The third-order valence-electron chi connectivity index (χ3n) is 2.81. The molecule has 1 unspecified atom stereocenters. The molecule has 15 heavy (non-hydrogen) atoms. The van der Waals surface area contributed by atoms with Crippen LogP contribution in [0.1, 0.15) is 35.6 Å². The number of rotatable bonds is 3. The number of likely N-dealkylation sites (tertiary alicyclic amines) is 1. The van der Waals surface area contributed by atoms with Crippen LogP contribution in [0.25, 0.3) is 0 Å². The van der Waals surface area contributed by atoms with Gasteiger partial charge in [-0.05, 0) is 19.5 Å². The Morgan fingerprint density at radius 2 is 2.60 bits per heavy atom. The Morgan fingerprint density at radius 3 is 3.13 bits per heavy atom. The minimum Gasteiger partial charge on any atom is -0.476 e. The second-order valence-corrected chi connectivity index (χ2v) is 3.75. The maximum Gasteiger partial charge on any atom is 0.357 e. The number of hydrogen-bond donors (Lipinski definition) is 1. The highest BCUT2D eigenvalue weighted by Gasteiger charge is 2.27. The minimum absolute atomic E-state index is 0.0000477. The highest BCUT2D eigenvalue weighted by Crippen LogP contribution is 2.26. The van der Waals surface area contributed by atoms with Crippen LogP contribution in [0.2, 0.25) is 0 Å². The normalized spacial score (nSPS) is 22.1. The van der Waals surface area contributed by atoms with Gasteiger partial charge in [-0.2, -0.15) is 0 Å². The first-order valence-electron chi connectivity index (χ1n) is 5.11. The third kappa shape index (κ3) is 2.02. The SMILES string of the molecule is CCN1CCC(c2nc(C(=O)O)co2)C1. The lowest BCUT2D eigenvalue weighted by Crippen LogP contribution is -2.19. The molecule has 0 spiro atoms. The van der Waals surface area contributed by atoms with Crippen molar-refractivity contribution in [3.63, 3.8) is 0 Å². The third-order valence-corrected chi connectivity index (χ3v) is 2.81. The van der Waals surface area contributed by atoms with E-state index in [9.17, 15) is 4.79 Å². The lowest BCUT2D eigenvalue weighted by atomic mass is 10.1. The average molecular weight is 210 g/mol. The zero-order valence-corrected chi connectivity index (χ0v) is 8.64. The first-order chi connectivity index (χ1) is 7.20. The van der Waals surface area contributed by atoms with Crippen LogP contribution in [0.5, 0.6) is 0 Å². The Kier molecular flexibility index (Phi) is 2.73. The van der Waals surface area contributed by atoms with Crippen molar-refractivity contribution in [3.8, 4) is 0 Å². The Balaban J connectivity index is 2.07. The quantitative estimate of drug-likeness (QED) is 0.811. The predicted octanol–water partition coefficient (Wildman–Crippen LogP) is 1.18. The summed E-state index contributed by atoms with van der Waals surface area (Å²) in [6.45, 7) is 5.08. The molecule has 0 bridgehead atoms. The number of aromatic carboxylic acids is 1. The van der Waals surface area contributed by atoms with Gasteiger partial charge in [0.25, 0.3) is 0 Å². The van der Waals surface area contributed by atoms with Crippen molar-refractivity contribution >= 4 is 5.97 Å². The number of oxazole rings is 1. The molecule has 1 aromatic heterocycles. The summed E-state index contributed by atoms with van der Waals surface area (Å²) < 4.78 is 5.18. The zero-order valence-electron chi connectivity index (χ0n) is 8.64. The van der Waals surface area contributed by atoms with Crippen LogP contribution in [0.3, 0.4) is 0 Å². The number of hydrogen-bond acceptors (Lipinski definition) is 4. The number of aromatic nitrogens is 1. The first kappa shape index (κ1) is 10.2. The van der Waals surface area contributed by atoms with Gasteiger partial charge in [0, 0.05) is 12.5 Å². The molecule has 0 amide bonds. The summed E-state index contributed by atoms with van der Waals surface area (Å²) in [6.07, 6.45) is 2.21. The standard InChI is InChI=1S/C10H14N2O3/c1-2-12-4-3-7(5-12)9-11-8(6-15-9)10(13)14/h6-7H,2-5H2,1H3,(H,13,14). The predicted molar refractivity (Wildman–Crippen MR) is 52.9 cm³/mol. The van der Waals surface area contributed by atoms with Gasteiger partial charge in [0.2, 0.25) is 0 Å². The summed E-state index contributed by atoms with van der Waals surface area (Å²) in [7, 11) is 0. The van der Waals surface area contributed by atoms with Crippen LogP contribution in [0.15, 0.2) is 10.7 Å². The van der Waals surface area contributed by atoms with Crippen molar-refractivity contribution in [1.29, 1.82) is 0 Å². The van der Waals surface area contributed by atoms with E-state index in [1.54, 1.807) is 0 Å². The van der Waals surface area contributed by atoms with Crippen molar-refractivity contribution < 1.29 is 14.3 Å². The number of nitrogens with zero attached hydrogens (tertiary/aromatic N) is 2. The molecular formula is C10H14N2O3. The lowest BCUT2D eigenvalue weighted by molar-refractivity contribution is 0.0690. The van der Waals surface area contributed by atoms with E-state index in [1.165, 1.54) is 6.26 Å². The fourth-order valence-electron chi connectivity index (χ4n) is 1.89. The molecule has 1 saturated heterocycles. The summed E-state index contributed by atoms with van der Waals surface area (Å²) in [4.78, 5) is 16.9. The van der Waals surface area contributed by atoms with Gasteiger partial charge in [0.15, 0.2) is 11.6 Å². The van der Waals surface area contributed by atoms with Crippen molar-refractivity contribution in [2.45, 2.75) is 19.3 Å². The molecule has 0 radical (unpaired) electrons. The molecular weight excluding hydrogens is 196 g/mol. The maximum atomic E-state index is 10.6. The molecule has 2 heterocycles. The molecule has 0 saturated carbocycles. The molecule has 1 fully saturated rings. The van der Waals surface area contributed by atoms with Gasteiger partial charge in [-0.3, -0.25) is 0 Å². The largest absolute Gasteiger partial charge is 0.476 e. The van der Waals surface area contributed by atoms with Crippen LogP contribution in [-0.4, -0.2) is 40.6 Å². The molecule has 82 valence electrons. The summed E-state index contributed by atoms with van der Waals surface area (Å²) in [5.74, 6) is -0.225. The van der Waals surface area contributed by atoms with Crippen molar-refractivity contribution in [3.05, 3.63) is 17.8 Å². The minimum atomic E-state index is -1.03. The number of carboxylic acid groups (broad SMARTS) is 1. The molecule has 0 aromatic carbocycles. The Morgan fingerprint density at radius 1 is 1.80 bits per heavy atom. The second-order valence-electron chi connectivity index (χ2n) is 3.75. The van der Waals surface area contributed by atoms with Crippen molar-refractivity contribution in [1.82, 2.24) is 9.88 Å². The van der Waals surface area contributed by atoms with E-state index < -0.39 is 5.97 Å². The molecule has 1 aromatic rings. The Hall–Kier alpha value is -1.36.